The third kappa shape index (κ3) is 2.67. The lowest BCUT2D eigenvalue weighted by Gasteiger charge is -2.16. The zero-order valence-corrected chi connectivity index (χ0v) is 13.0. The molecule has 1 amide bonds. The Morgan fingerprint density at radius 1 is 1.45 bits per heavy atom. The maximum absolute atomic E-state index is 12.6. The topological polar surface area (TPSA) is 34.0 Å². The number of hydrogen-bond acceptors (Lipinski definition) is 1. The highest BCUT2D eigenvalue weighted by atomic mass is 16.2. The second-order valence-electron chi connectivity index (χ2n) is 5.79. The first kappa shape index (κ1) is 14.9. The number of fused-ring (bicyclic) bond motifs is 1. The van der Waals surface area contributed by atoms with Crippen molar-refractivity contribution < 1.29 is 4.79 Å². The van der Waals surface area contributed by atoms with Gasteiger partial charge >= 0.3 is 0 Å². The van der Waals surface area contributed by atoms with Crippen molar-refractivity contribution >= 4 is 5.91 Å². The molecule has 0 bridgehead atoms. The van der Waals surface area contributed by atoms with Crippen LogP contribution in [0.15, 0.2) is 12.7 Å². The summed E-state index contributed by atoms with van der Waals surface area (Å²) in [6.07, 6.45) is 7.48. The summed E-state index contributed by atoms with van der Waals surface area (Å²) < 4.78 is 2.18. The zero-order chi connectivity index (χ0) is 14.7. The SMILES string of the molecule is C=CCn1c2c(c(C)c1C(=O)NC(C)CC)CCCC2. The van der Waals surface area contributed by atoms with Crippen molar-refractivity contribution in [3.63, 3.8) is 0 Å². The van der Waals surface area contributed by atoms with Gasteiger partial charge in [-0.3, -0.25) is 4.79 Å². The molecular formula is C17H26N2O. The van der Waals surface area contributed by atoms with Crippen LogP contribution < -0.4 is 5.32 Å². The first-order chi connectivity index (χ1) is 9.60. The van der Waals surface area contributed by atoms with Gasteiger partial charge in [0.15, 0.2) is 0 Å². The van der Waals surface area contributed by atoms with Gasteiger partial charge in [-0.2, -0.15) is 0 Å². The molecular weight excluding hydrogens is 248 g/mol. The van der Waals surface area contributed by atoms with Crippen LogP contribution in [-0.2, 0) is 19.4 Å². The third-order valence-corrected chi connectivity index (χ3v) is 4.36. The van der Waals surface area contributed by atoms with Gasteiger partial charge in [0, 0.05) is 18.3 Å². The molecule has 0 saturated heterocycles. The van der Waals surface area contributed by atoms with Gasteiger partial charge in [0.05, 0.1) is 0 Å². The quantitative estimate of drug-likeness (QED) is 0.820. The molecule has 0 saturated carbocycles. The van der Waals surface area contributed by atoms with Crippen molar-refractivity contribution in [1.82, 2.24) is 9.88 Å². The van der Waals surface area contributed by atoms with E-state index in [0.717, 1.165) is 31.5 Å². The number of allylic oxidation sites excluding steroid dienone is 1. The van der Waals surface area contributed by atoms with E-state index in [4.69, 9.17) is 0 Å². The number of nitrogens with zero attached hydrogens (tertiary/aromatic N) is 1. The van der Waals surface area contributed by atoms with E-state index in [-0.39, 0.29) is 11.9 Å². The number of rotatable bonds is 5. The lowest BCUT2D eigenvalue weighted by Crippen LogP contribution is -2.34. The minimum Gasteiger partial charge on any atom is -0.348 e. The van der Waals surface area contributed by atoms with Gasteiger partial charge in [0.2, 0.25) is 0 Å². The molecule has 1 unspecified atom stereocenters. The molecule has 3 nitrogen and oxygen atoms in total. The van der Waals surface area contributed by atoms with Crippen molar-refractivity contribution in [2.75, 3.05) is 0 Å². The van der Waals surface area contributed by atoms with Gasteiger partial charge in [-0.15, -0.1) is 6.58 Å². The van der Waals surface area contributed by atoms with E-state index in [1.165, 1.54) is 29.7 Å². The van der Waals surface area contributed by atoms with E-state index in [0.29, 0.717) is 0 Å². The van der Waals surface area contributed by atoms with Crippen LogP contribution in [-0.4, -0.2) is 16.5 Å². The maximum atomic E-state index is 12.6. The van der Waals surface area contributed by atoms with Crippen molar-refractivity contribution in [1.29, 1.82) is 0 Å². The average Bonchev–Trinajstić information content (AvgIpc) is 2.73. The van der Waals surface area contributed by atoms with E-state index in [1.54, 1.807) is 0 Å². The molecule has 1 N–H and O–H groups in total. The molecule has 0 aromatic carbocycles. The number of nitrogens with one attached hydrogen (secondary N) is 1. The van der Waals surface area contributed by atoms with Gasteiger partial charge in [0.1, 0.15) is 5.69 Å². The van der Waals surface area contributed by atoms with Crippen LogP contribution in [0, 0.1) is 6.92 Å². The lowest BCUT2D eigenvalue weighted by atomic mass is 9.95. The normalized spacial score (nSPS) is 15.6. The second kappa shape index (κ2) is 6.29. The molecule has 110 valence electrons. The number of hydrogen-bond donors (Lipinski definition) is 1. The Morgan fingerprint density at radius 3 is 2.80 bits per heavy atom. The fourth-order valence-corrected chi connectivity index (χ4v) is 3.09. The standard InChI is InChI=1S/C17H26N2O/c1-5-11-19-15-10-8-7-9-14(15)13(4)16(19)17(20)18-12(3)6-2/h5,12H,1,6-11H2,2-4H3,(H,18,20). The van der Waals surface area contributed by atoms with Gasteiger partial charge in [-0.05, 0) is 57.1 Å². The van der Waals surface area contributed by atoms with Gasteiger partial charge in [-0.1, -0.05) is 13.0 Å². The van der Waals surface area contributed by atoms with E-state index in [2.05, 4.69) is 30.3 Å². The number of carbonyl (C=O) groups excluding carboxylic acids is 1. The fraction of sp³-hybridized carbons (Fsp3) is 0.588. The molecule has 20 heavy (non-hydrogen) atoms. The minimum absolute atomic E-state index is 0.0631. The predicted octanol–water partition coefficient (Wildman–Crippen LogP) is 3.39. The Labute approximate surface area is 122 Å². The molecule has 1 aliphatic rings. The molecule has 1 heterocycles. The predicted molar refractivity (Wildman–Crippen MR) is 83.2 cm³/mol. The van der Waals surface area contributed by atoms with Crippen LogP contribution in [0.3, 0.4) is 0 Å². The van der Waals surface area contributed by atoms with Crippen LogP contribution in [0.5, 0.6) is 0 Å². The van der Waals surface area contributed by atoms with Crippen LogP contribution >= 0.6 is 0 Å². The summed E-state index contributed by atoms with van der Waals surface area (Å²) in [7, 11) is 0. The first-order valence-electron chi connectivity index (χ1n) is 7.72. The van der Waals surface area contributed by atoms with Gasteiger partial charge < -0.3 is 9.88 Å². The smallest absolute Gasteiger partial charge is 0.268 e. The number of amides is 1. The molecule has 2 rings (SSSR count). The molecule has 0 spiro atoms. The Morgan fingerprint density at radius 2 is 2.15 bits per heavy atom. The lowest BCUT2D eigenvalue weighted by molar-refractivity contribution is 0.0929. The van der Waals surface area contributed by atoms with Gasteiger partial charge in [0.25, 0.3) is 5.91 Å². The summed E-state index contributed by atoms with van der Waals surface area (Å²) in [5.41, 5.74) is 4.76. The van der Waals surface area contributed by atoms with Crippen molar-refractivity contribution in [2.24, 2.45) is 0 Å². The fourth-order valence-electron chi connectivity index (χ4n) is 3.09. The molecule has 1 atom stereocenters. The summed E-state index contributed by atoms with van der Waals surface area (Å²) in [5.74, 6) is 0.0631. The summed E-state index contributed by atoms with van der Waals surface area (Å²) in [5, 5.41) is 3.10. The molecule has 1 aromatic rings. The van der Waals surface area contributed by atoms with Crippen molar-refractivity contribution in [2.45, 2.75) is 65.5 Å². The van der Waals surface area contributed by atoms with Crippen LogP contribution in [0.1, 0.15) is 60.4 Å². The Hall–Kier alpha value is -1.51. The molecule has 3 heteroatoms. The molecule has 0 radical (unpaired) electrons. The Balaban J connectivity index is 2.42. The van der Waals surface area contributed by atoms with Crippen molar-refractivity contribution in [3.05, 3.63) is 35.2 Å². The summed E-state index contributed by atoms with van der Waals surface area (Å²) in [6, 6.07) is 0.214. The summed E-state index contributed by atoms with van der Waals surface area (Å²) in [4.78, 5) is 12.6. The summed E-state index contributed by atoms with van der Waals surface area (Å²) in [6.45, 7) is 10.8. The third-order valence-electron chi connectivity index (χ3n) is 4.36. The van der Waals surface area contributed by atoms with Crippen LogP contribution in [0.4, 0.5) is 0 Å². The molecule has 1 aromatic heterocycles. The van der Waals surface area contributed by atoms with Crippen LogP contribution in [0.2, 0.25) is 0 Å². The second-order valence-corrected chi connectivity index (χ2v) is 5.79. The highest BCUT2D eigenvalue weighted by Crippen LogP contribution is 2.29. The van der Waals surface area contributed by atoms with E-state index in [9.17, 15) is 4.79 Å². The minimum atomic E-state index is 0.0631. The van der Waals surface area contributed by atoms with E-state index in [1.807, 2.05) is 13.0 Å². The molecule has 0 aliphatic heterocycles. The van der Waals surface area contributed by atoms with E-state index >= 15 is 0 Å². The summed E-state index contributed by atoms with van der Waals surface area (Å²) >= 11 is 0. The number of aromatic nitrogens is 1. The van der Waals surface area contributed by atoms with Gasteiger partial charge in [-0.25, -0.2) is 0 Å². The number of carbonyl (C=O) groups is 1. The maximum Gasteiger partial charge on any atom is 0.268 e. The molecule has 0 fully saturated rings. The zero-order valence-electron chi connectivity index (χ0n) is 13.0. The highest BCUT2D eigenvalue weighted by molar-refractivity contribution is 5.95. The first-order valence-corrected chi connectivity index (χ1v) is 7.72. The average molecular weight is 274 g/mol. The Bertz CT molecular complexity index is 514. The van der Waals surface area contributed by atoms with Crippen LogP contribution in [0.25, 0.3) is 0 Å². The Kier molecular flexibility index (Phi) is 4.69. The molecule has 1 aliphatic carbocycles. The monoisotopic (exact) mass is 274 g/mol. The van der Waals surface area contributed by atoms with E-state index < -0.39 is 0 Å². The highest BCUT2D eigenvalue weighted by Gasteiger charge is 2.25. The van der Waals surface area contributed by atoms with Crippen molar-refractivity contribution in [3.8, 4) is 0 Å². The largest absolute Gasteiger partial charge is 0.348 e.